The van der Waals surface area contributed by atoms with E-state index in [-0.39, 0.29) is 12.0 Å². The molecule has 1 aromatic heterocycles. The zero-order chi connectivity index (χ0) is 15.1. The van der Waals surface area contributed by atoms with Crippen LogP contribution in [0.15, 0.2) is 16.8 Å². The Bertz CT molecular complexity index is 432. The van der Waals surface area contributed by atoms with Gasteiger partial charge in [-0.25, -0.2) is 9.59 Å². The van der Waals surface area contributed by atoms with Gasteiger partial charge in [0.2, 0.25) is 0 Å². The van der Waals surface area contributed by atoms with Gasteiger partial charge in [0.05, 0.1) is 0 Å². The molecular weight excluding hydrogens is 276 g/mol. The van der Waals surface area contributed by atoms with Crippen LogP contribution in [0.4, 0.5) is 4.79 Å². The van der Waals surface area contributed by atoms with Crippen molar-refractivity contribution in [2.75, 3.05) is 0 Å². The molecule has 1 unspecified atom stereocenters. The van der Waals surface area contributed by atoms with Crippen molar-refractivity contribution in [1.29, 1.82) is 0 Å². The zero-order valence-electron chi connectivity index (χ0n) is 12.1. The van der Waals surface area contributed by atoms with Gasteiger partial charge in [-0.1, -0.05) is 13.8 Å². The second kappa shape index (κ2) is 7.89. The molecule has 0 aliphatic rings. The maximum Gasteiger partial charge on any atom is 0.326 e. The van der Waals surface area contributed by atoms with Crippen molar-refractivity contribution < 1.29 is 14.7 Å². The molecule has 3 N–H and O–H groups in total. The summed E-state index contributed by atoms with van der Waals surface area (Å²) in [4.78, 5) is 22.9. The molecule has 0 bridgehead atoms. The minimum absolute atomic E-state index is 0.0434. The van der Waals surface area contributed by atoms with Crippen molar-refractivity contribution >= 4 is 23.3 Å². The predicted octanol–water partition coefficient (Wildman–Crippen LogP) is 2.48. The van der Waals surface area contributed by atoms with Crippen LogP contribution in [0.1, 0.15) is 32.8 Å². The van der Waals surface area contributed by atoms with E-state index in [1.54, 1.807) is 11.3 Å². The van der Waals surface area contributed by atoms with Crippen LogP contribution in [-0.2, 0) is 11.2 Å². The summed E-state index contributed by atoms with van der Waals surface area (Å²) >= 11 is 1.62. The Kier molecular flexibility index (Phi) is 6.51. The fourth-order valence-corrected chi connectivity index (χ4v) is 2.61. The minimum atomic E-state index is -1.00. The van der Waals surface area contributed by atoms with Gasteiger partial charge in [0.1, 0.15) is 6.04 Å². The molecule has 0 aromatic carbocycles. The molecule has 2 amide bonds. The van der Waals surface area contributed by atoms with E-state index < -0.39 is 18.0 Å². The number of thiophene rings is 1. The van der Waals surface area contributed by atoms with Crippen molar-refractivity contribution in [3.05, 3.63) is 22.4 Å². The van der Waals surface area contributed by atoms with Gasteiger partial charge in [-0.3, -0.25) is 0 Å². The van der Waals surface area contributed by atoms with Gasteiger partial charge in [0, 0.05) is 6.04 Å². The Morgan fingerprint density at radius 2 is 2.00 bits per heavy atom. The number of rotatable bonds is 7. The van der Waals surface area contributed by atoms with Crippen molar-refractivity contribution in [2.45, 2.75) is 45.7 Å². The van der Waals surface area contributed by atoms with Crippen LogP contribution in [0.25, 0.3) is 0 Å². The predicted molar refractivity (Wildman–Crippen MR) is 80.0 cm³/mol. The maximum absolute atomic E-state index is 11.8. The first-order valence-electron chi connectivity index (χ1n) is 6.69. The molecule has 2 atom stereocenters. The van der Waals surface area contributed by atoms with Crippen molar-refractivity contribution in [1.82, 2.24) is 10.6 Å². The second-order valence-electron chi connectivity index (χ2n) is 5.37. The second-order valence-corrected chi connectivity index (χ2v) is 6.15. The maximum atomic E-state index is 11.8. The standard InChI is InChI=1S/C14H22N2O3S/c1-9(2)6-12(13(17)18)16-14(19)15-10(3)7-11-4-5-20-8-11/h4-5,8-10,12H,6-7H2,1-3H3,(H,17,18)(H2,15,16,19)/t10?,12-/m1/s1. The lowest BCUT2D eigenvalue weighted by Gasteiger charge is -2.19. The van der Waals surface area contributed by atoms with E-state index in [1.807, 2.05) is 37.6 Å². The van der Waals surface area contributed by atoms with E-state index in [9.17, 15) is 9.59 Å². The lowest BCUT2D eigenvalue weighted by atomic mass is 10.0. The fraction of sp³-hybridized carbons (Fsp3) is 0.571. The third-order valence-corrected chi connectivity index (χ3v) is 3.54. The Hall–Kier alpha value is -1.56. The van der Waals surface area contributed by atoms with Gasteiger partial charge >= 0.3 is 12.0 Å². The van der Waals surface area contributed by atoms with Crippen LogP contribution in [0, 0.1) is 5.92 Å². The lowest BCUT2D eigenvalue weighted by molar-refractivity contribution is -0.139. The first kappa shape index (κ1) is 16.5. The number of urea groups is 1. The van der Waals surface area contributed by atoms with E-state index in [2.05, 4.69) is 10.6 Å². The third-order valence-electron chi connectivity index (χ3n) is 2.81. The molecule has 0 aliphatic carbocycles. The highest BCUT2D eigenvalue weighted by Gasteiger charge is 2.21. The van der Waals surface area contributed by atoms with Gasteiger partial charge in [-0.2, -0.15) is 11.3 Å². The summed E-state index contributed by atoms with van der Waals surface area (Å²) in [7, 11) is 0. The van der Waals surface area contributed by atoms with Crippen LogP contribution in [0.5, 0.6) is 0 Å². The smallest absolute Gasteiger partial charge is 0.326 e. The van der Waals surface area contributed by atoms with Crippen LogP contribution < -0.4 is 10.6 Å². The number of hydrogen-bond donors (Lipinski definition) is 3. The molecule has 5 nitrogen and oxygen atoms in total. The summed E-state index contributed by atoms with van der Waals surface area (Å²) in [6.45, 7) is 5.75. The number of carbonyl (C=O) groups is 2. The molecular formula is C14H22N2O3S. The Morgan fingerprint density at radius 3 is 2.50 bits per heavy atom. The first-order chi connectivity index (χ1) is 9.38. The molecule has 0 saturated carbocycles. The largest absolute Gasteiger partial charge is 0.480 e. The summed E-state index contributed by atoms with van der Waals surface area (Å²) in [5.74, 6) is -0.793. The molecule has 1 aromatic rings. The topological polar surface area (TPSA) is 78.4 Å². The molecule has 6 heteroatoms. The summed E-state index contributed by atoms with van der Waals surface area (Å²) in [5.41, 5.74) is 1.17. The first-order valence-corrected chi connectivity index (χ1v) is 7.63. The van der Waals surface area contributed by atoms with Crippen LogP contribution in [-0.4, -0.2) is 29.2 Å². The van der Waals surface area contributed by atoms with Crippen LogP contribution >= 0.6 is 11.3 Å². The molecule has 1 rings (SSSR count). The summed E-state index contributed by atoms with van der Waals surface area (Å²) in [6, 6.07) is 0.696. The number of nitrogens with one attached hydrogen (secondary N) is 2. The third kappa shape index (κ3) is 6.06. The van der Waals surface area contributed by atoms with E-state index in [1.165, 1.54) is 5.56 Å². The molecule has 20 heavy (non-hydrogen) atoms. The monoisotopic (exact) mass is 298 g/mol. The van der Waals surface area contributed by atoms with E-state index in [4.69, 9.17) is 5.11 Å². The zero-order valence-corrected chi connectivity index (χ0v) is 12.9. The highest BCUT2D eigenvalue weighted by molar-refractivity contribution is 7.07. The molecule has 0 saturated heterocycles. The Balaban J connectivity index is 2.42. The molecule has 112 valence electrons. The fourth-order valence-electron chi connectivity index (χ4n) is 1.93. The number of aliphatic carboxylic acids is 1. The Morgan fingerprint density at radius 1 is 1.30 bits per heavy atom. The summed E-state index contributed by atoms with van der Waals surface area (Å²) in [5, 5.41) is 18.4. The lowest BCUT2D eigenvalue weighted by Crippen LogP contribution is -2.49. The van der Waals surface area contributed by atoms with Gasteiger partial charge in [0.25, 0.3) is 0 Å². The summed E-state index contributed by atoms with van der Waals surface area (Å²) in [6.07, 6.45) is 1.15. The Labute approximate surface area is 123 Å². The van der Waals surface area contributed by atoms with Crippen LogP contribution in [0.3, 0.4) is 0 Å². The number of amides is 2. The average molecular weight is 298 g/mol. The quantitative estimate of drug-likeness (QED) is 0.723. The molecule has 0 aliphatic heterocycles. The van der Waals surface area contributed by atoms with E-state index in [0.717, 1.165) is 6.42 Å². The van der Waals surface area contributed by atoms with Gasteiger partial charge < -0.3 is 15.7 Å². The molecule has 1 heterocycles. The highest BCUT2D eigenvalue weighted by Crippen LogP contribution is 2.09. The summed E-state index contributed by atoms with van der Waals surface area (Å²) < 4.78 is 0. The van der Waals surface area contributed by atoms with Crippen LogP contribution in [0.2, 0.25) is 0 Å². The molecule has 0 spiro atoms. The van der Waals surface area contributed by atoms with Crippen molar-refractivity contribution in [3.63, 3.8) is 0 Å². The number of hydrogen-bond acceptors (Lipinski definition) is 3. The average Bonchev–Trinajstić information content (AvgIpc) is 2.79. The minimum Gasteiger partial charge on any atom is -0.480 e. The number of carboxylic acid groups (broad SMARTS) is 1. The number of carbonyl (C=O) groups excluding carboxylic acids is 1. The van der Waals surface area contributed by atoms with E-state index in [0.29, 0.717) is 6.42 Å². The van der Waals surface area contributed by atoms with Crippen molar-refractivity contribution in [3.8, 4) is 0 Å². The highest BCUT2D eigenvalue weighted by atomic mass is 32.1. The number of carboxylic acids is 1. The van der Waals surface area contributed by atoms with Gasteiger partial charge in [0.15, 0.2) is 0 Å². The molecule has 0 radical (unpaired) electrons. The van der Waals surface area contributed by atoms with Gasteiger partial charge in [-0.05, 0) is 48.1 Å². The van der Waals surface area contributed by atoms with Gasteiger partial charge in [-0.15, -0.1) is 0 Å². The SMILES string of the molecule is CC(C)C[C@@H](NC(=O)NC(C)Cc1ccsc1)C(=O)O. The van der Waals surface area contributed by atoms with Crippen molar-refractivity contribution in [2.24, 2.45) is 5.92 Å². The normalized spacial score (nSPS) is 13.8. The van der Waals surface area contributed by atoms with E-state index >= 15 is 0 Å². The molecule has 0 fully saturated rings.